The molecule has 0 heterocycles. The predicted molar refractivity (Wildman–Crippen MR) is 156 cm³/mol. The molecule has 0 aromatic heterocycles. The Morgan fingerprint density at radius 3 is 1.20 bits per heavy atom. The number of hydrogen-bond donors (Lipinski definition) is 0. The normalized spacial score (nSPS) is 11.9. The molecular formula is C30H20Cl2F6N2O5. The summed E-state index contributed by atoms with van der Waals surface area (Å²) in [4.78, 5) is 22.6. The summed E-state index contributed by atoms with van der Waals surface area (Å²) in [5.74, 6) is -0.299. The lowest BCUT2D eigenvalue weighted by Crippen LogP contribution is -2.05. The summed E-state index contributed by atoms with van der Waals surface area (Å²) in [5.41, 5.74) is -3.15. The Balaban J connectivity index is 1.97. The Labute approximate surface area is 261 Å². The van der Waals surface area contributed by atoms with Crippen LogP contribution in [-0.4, -0.2) is 9.85 Å². The third-order valence-electron chi connectivity index (χ3n) is 6.92. The van der Waals surface area contributed by atoms with Gasteiger partial charge in [0.2, 0.25) is 0 Å². The molecule has 0 bridgehead atoms. The second-order valence-corrected chi connectivity index (χ2v) is 10.4. The molecule has 0 saturated heterocycles. The van der Waals surface area contributed by atoms with Crippen molar-refractivity contribution in [2.24, 2.45) is 0 Å². The average molecular weight is 673 g/mol. The molecule has 0 radical (unpaired) electrons. The van der Waals surface area contributed by atoms with Gasteiger partial charge in [-0.25, -0.2) is 0 Å². The highest BCUT2D eigenvalue weighted by Crippen LogP contribution is 2.51. The minimum atomic E-state index is -4.66. The lowest BCUT2D eigenvalue weighted by molar-refractivity contribution is -0.384. The van der Waals surface area contributed by atoms with E-state index in [2.05, 4.69) is 0 Å². The molecule has 4 aromatic rings. The molecule has 4 rings (SSSR count). The molecule has 4 aromatic carbocycles. The molecule has 45 heavy (non-hydrogen) atoms. The van der Waals surface area contributed by atoms with Crippen LogP contribution in [0.15, 0.2) is 60.7 Å². The number of nitrogens with zero attached hydrogens (tertiary/aromatic N) is 2. The van der Waals surface area contributed by atoms with Crippen molar-refractivity contribution in [1.82, 2.24) is 0 Å². The third-order valence-corrected chi connectivity index (χ3v) is 7.64. The van der Waals surface area contributed by atoms with Gasteiger partial charge in [-0.2, -0.15) is 26.3 Å². The van der Waals surface area contributed by atoms with Crippen LogP contribution in [0.25, 0.3) is 22.3 Å². The van der Waals surface area contributed by atoms with E-state index in [1.807, 2.05) is 0 Å². The highest BCUT2D eigenvalue weighted by atomic mass is 35.5. The van der Waals surface area contributed by atoms with E-state index in [0.29, 0.717) is 0 Å². The van der Waals surface area contributed by atoms with Gasteiger partial charge in [-0.15, -0.1) is 0 Å². The standard InChI is InChI=1S/C30H20Cl2F6N2O5/c1-3-15-13-21(39(41)42)23(17-5-9-19(10-6-17)29(33,34)35)25(31)27(15)45-28-16(4-2)14-22(40(43)44)24(26(28)32)18-7-11-20(12-8-18)30(36,37)38/h5-14H,3-4H2,1-2H3. The predicted octanol–water partition coefficient (Wildman–Crippen LogP) is 11.1. The maximum Gasteiger partial charge on any atom is 0.416 e. The van der Waals surface area contributed by atoms with Crippen LogP contribution < -0.4 is 4.74 Å². The van der Waals surface area contributed by atoms with E-state index in [-0.39, 0.29) is 67.8 Å². The Morgan fingerprint density at radius 2 is 0.956 bits per heavy atom. The van der Waals surface area contributed by atoms with E-state index in [1.54, 1.807) is 13.8 Å². The molecular weight excluding hydrogens is 653 g/mol. The fourth-order valence-corrected chi connectivity index (χ4v) is 5.41. The number of nitro benzene ring substituents is 2. The SMILES string of the molecule is CCc1cc([N+](=O)[O-])c(-c2ccc(C(F)(F)F)cc2)c(Cl)c1Oc1c(CC)cc([N+](=O)[O-])c(-c2ccc(C(F)(F)F)cc2)c1Cl. The first-order valence-electron chi connectivity index (χ1n) is 13.0. The molecule has 0 aliphatic carbocycles. The van der Waals surface area contributed by atoms with Gasteiger partial charge in [0.05, 0.1) is 42.1 Å². The number of halogens is 8. The van der Waals surface area contributed by atoms with Crippen LogP contribution in [0, 0.1) is 20.2 Å². The number of alkyl halides is 6. The van der Waals surface area contributed by atoms with Gasteiger partial charge in [0.25, 0.3) is 11.4 Å². The van der Waals surface area contributed by atoms with Crippen molar-refractivity contribution in [1.29, 1.82) is 0 Å². The summed E-state index contributed by atoms with van der Waals surface area (Å²) in [6.07, 6.45) is -9.08. The van der Waals surface area contributed by atoms with Crippen molar-refractivity contribution in [2.45, 2.75) is 39.0 Å². The van der Waals surface area contributed by atoms with E-state index in [1.165, 1.54) is 0 Å². The summed E-state index contributed by atoms with van der Waals surface area (Å²) in [6, 6.07) is 9.33. The molecule has 0 spiro atoms. The van der Waals surface area contributed by atoms with Gasteiger partial charge in [0.1, 0.15) is 11.5 Å². The quantitative estimate of drug-likeness (QED) is 0.105. The lowest BCUT2D eigenvalue weighted by Gasteiger charge is -2.20. The summed E-state index contributed by atoms with van der Waals surface area (Å²) >= 11 is 13.4. The monoisotopic (exact) mass is 672 g/mol. The zero-order valence-electron chi connectivity index (χ0n) is 23.1. The first kappa shape index (κ1) is 33.5. The fourth-order valence-electron chi connectivity index (χ4n) is 4.68. The number of ether oxygens (including phenoxy) is 1. The minimum absolute atomic E-state index is 0.0249. The van der Waals surface area contributed by atoms with Gasteiger partial charge >= 0.3 is 12.4 Å². The molecule has 0 saturated carbocycles. The van der Waals surface area contributed by atoms with Crippen molar-refractivity contribution in [3.63, 3.8) is 0 Å². The van der Waals surface area contributed by atoms with Crippen molar-refractivity contribution in [3.05, 3.63) is 113 Å². The Bertz CT molecular complexity index is 1660. The smallest absolute Gasteiger partial charge is 0.416 e. The van der Waals surface area contributed by atoms with Crippen LogP contribution in [0.1, 0.15) is 36.1 Å². The van der Waals surface area contributed by atoms with Crippen LogP contribution in [0.4, 0.5) is 37.7 Å². The minimum Gasteiger partial charge on any atom is -0.454 e. The van der Waals surface area contributed by atoms with E-state index in [0.717, 1.165) is 60.7 Å². The summed E-state index contributed by atoms with van der Waals surface area (Å²) in [7, 11) is 0. The number of nitro groups is 2. The topological polar surface area (TPSA) is 95.5 Å². The van der Waals surface area contributed by atoms with E-state index >= 15 is 0 Å². The van der Waals surface area contributed by atoms with Crippen molar-refractivity contribution in [2.75, 3.05) is 0 Å². The number of rotatable bonds is 8. The Morgan fingerprint density at radius 1 is 0.644 bits per heavy atom. The second-order valence-electron chi connectivity index (χ2n) is 9.62. The van der Waals surface area contributed by atoms with Gasteiger partial charge in [0, 0.05) is 23.3 Å². The number of benzene rings is 4. The van der Waals surface area contributed by atoms with E-state index in [9.17, 15) is 46.6 Å². The third kappa shape index (κ3) is 6.69. The molecule has 0 aliphatic rings. The van der Waals surface area contributed by atoms with E-state index < -0.39 is 44.7 Å². The van der Waals surface area contributed by atoms with Crippen LogP contribution in [0.2, 0.25) is 10.0 Å². The average Bonchev–Trinajstić information content (AvgIpc) is 2.97. The molecule has 0 unspecified atom stereocenters. The lowest BCUT2D eigenvalue weighted by atomic mass is 9.97. The fraction of sp³-hybridized carbons (Fsp3) is 0.200. The zero-order valence-corrected chi connectivity index (χ0v) is 24.7. The Hall–Kier alpha value is -4.36. The van der Waals surface area contributed by atoms with Gasteiger partial charge in [-0.05, 0) is 48.2 Å². The molecule has 15 heteroatoms. The van der Waals surface area contributed by atoms with Crippen LogP contribution in [0.3, 0.4) is 0 Å². The molecule has 7 nitrogen and oxygen atoms in total. The van der Waals surface area contributed by atoms with Crippen LogP contribution in [0.5, 0.6) is 11.5 Å². The molecule has 0 N–H and O–H groups in total. The Kier molecular flexibility index (Phi) is 9.36. The molecule has 236 valence electrons. The van der Waals surface area contributed by atoms with E-state index in [4.69, 9.17) is 27.9 Å². The first-order chi connectivity index (χ1) is 21.0. The summed E-state index contributed by atoms with van der Waals surface area (Å²) < 4.78 is 85.2. The van der Waals surface area contributed by atoms with Crippen LogP contribution in [-0.2, 0) is 25.2 Å². The van der Waals surface area contributed by atoms with Crippen molar-refractivity contribution < 1.29 is 40.9 Å². The zero-order chi connectivity index (χ0) is 33.4. The van der Waals surface area contributed by atoms with Gasteiger partial charge in [-0.1, -0.05) is 61.3 Å². The number of hydrogen-bond acceptors (Lipinski definition) is 5. The summed E-state index contributed by atoms with van der Waals surface area (Å²) in [5, 5.41) is 23.4. The maximum absolute atomic E-state index is 13.2. The van der Waals surface area contributed by atoms with Crippen molar-refractivity contribution in [3.8, 4) is 33.8 Å². The molecule has 0 amide bonds. The molecule has 0 atom stereocenters. The van der Waals surface area contributed by atoms with Crippen molar-refractivity contribution >= 4 is 34.6 Å². The highest BCUT2D eigenvalue weighted by Gasteiger charge is 2.33. The summed E-state index contributed by atoms with van der Waals surface area (Å²) in [6.45, 7) is 3.26. The van der Waals surface area contributed by atoms with Gasteiger partial charge in [-0.3, -0.25) is 20.2 Å². The molecule has 0 fully saturated rings. The van der Waals surface area contributed by atoms with Crippen LogP contribution >= 0.6 is 23.2 Å². The van der Waals surface area contributed by atoms with Gasteiger partial charge < -0.3 is 4.74 Å². The van der Waals surface area contributed by atoms with Gasteiger partial charge in [0.15, 0.2) is 0 Å². The second kappa shape index (κ2) is 12.6. The largest absolute Gasteiger partial charge is 0.454 e. The molecule has 0 aliphatic heterocycles. The highest BCUT2D eigenvalue weighted by molar-refractivity contribution is 6.36. The first-order valence-corrected chi connectivity index (χ1v) is 13.8. The number of aryl methyl sites for hydroxylation is 2. The maximum atomic E-state index is 13.2.